The highest BCUT2D eigenvalue weighted by molar-refractivity contribution is 7.98. The first-order valence-corrected chi connectivity index (χ1v) is 6.72. The Bertz CT molecular complexity index is 584. The van der Waals surface area contributed by atoms with E-state index in [1.807, 2.05) is 24.3 Å². The second-order valence-corrected chi connectivity index (χ2v) is 5.00. The minimum Gasteiger partial charge on any atom is -0.494 e. The van der Waals surface area contributed by atoms with E-state index in [1.165, 1.54) is 13.2 Å². The van der Waals surface area contributed by atoms with Crippen molar-refractivity contribution in [3.8, 4) is 5.75 Å². The summed E-state index contributed by atoms with van der Waals surface area (Å²) in [5.41, 5.74) is 1.52. The van der Waals surface area contributed by atoms with Crippen LogP contribution in [0, 0.1) is 5.82 Å². The molecule has 0 unspecified atom stereocenters. The summed E-state index contributed by atoms with van der Waals surface area (Å²) in [4.78, 5) is 11.7. The van der Waals surface area contributed by atoms with Crippen molar-refractivity contribution in [2.75, 3.05) is 7.11 Å². The van der Waals surface area contributed by atoms with Gasteiger partial charge >= 0.3 is 0 Å². The number of methoxy groups -OCH3 is 1. The normalized spacial score (nSPS) is 10.2. The maximum Gasteiger partial charge on any atom is 0.165 e. The molecule has 0 aromatic heterocycles. The first-order chi connectivity index (χ1) is 9.22. The molecule has 0 atom stereocenters. The summed E-state index contributed by atoms with van der Waals surface area (Å²) in [7, 11) is 1.44. The predicted octanol–water partition coefficient (Wildman–Crippen LogP) is 3.94. The summed E-state index contributed by atoms with van der Waals surface area (Å²) in [6.45, 7) is 0. The number of ether oxygens (including phenoxy) is 1. The molecule has 0 saturated carbocycles. The van der Waals surface area contributed by atoms with E-state index in [4.69, 9.17) is 4.74 Å². The van der Waals surface area contributed by atoms with Crippen molar-refractivity contribution in [3.05, 3.63) is 59.4 Å². The lowest BCUT2D eigenvalue weighted by Gasteiger charge is -2.05. The van der Waals surface area contributed by atoms with E-state index in [1.54, 1.807) is 23.9 Å². The van der Waals surface area contributed by atoms with Crippen molar-refractivity contribution >= 4 is 18.0 Å². The highest BCUT2D eigenvalue weighted by Crippen LogP contribution is 2.25. The van der Waals surface area contributed by atoms with E-state index in [2.05, 4.69) is 0 Å². The third-order valence-electron chi connectivity index (χ3n) is 2.62. The van der Waals surface area contributed by atoms with Crippen LogP contribution in [0.5, 0.6) is 5.75 Å². The van der Waals surface area contributed by atoms with E-state index >= 15 is 0 Å². The Balaban J connectivity index is 2.05. The molecule has 0 aliphatic rings. The van der Waals surface area contributed by atoms with Crippen LogP contribution in [0.15, 0.2) is 47.4 Å². The molecule has 2 aromatic carbocycles. The van der Waals surface area contributed by atoms with Crippen LogP contribution in [0.3, 0.4) is 0 Å². The third kappa shape index (κ3) is 3.58. The van der Waals surface area contributed by atoms with Gasteiger partial charge in [-0.2, -0.15) is 0 Å². The highest BCUT2D eigenvalue weighted by Gasteiger charge is 2.04. The second-order valence-electron chi connectivity index (χ2n) is 3.95. The molecule has 0 radical (unpaired) electrons. The van der Waals surface area contributed by atoms with Crippen LogP contribution in [-0.2, 0) is 5.75 Å². The number of hydrogen-bond acceptors (Lipinski definition) is 3. The summed E-state index contributed by atoms with van der Waals surface area (Å²) < 4.78 is 18.4. The predicted molar refractivity (Wildman–Crippen MR) is 74.3 cm³/mol. The van der Waals surface area contributed by atoms with E-state index in [0.717, 1.165) is 16.7 Å². The maximum absolute atomic E-state index is 13.5. The Morgan fingerprint density at radius 1 is 1.26 bits per heavy atom. The number of aldehydes is 1. The molecular weight excluding hydrogens is 263 g/mol. The molecule has 0 aliphatic heterocycles. The van der Waals surface area contributed by atoms with Crippen LogP contribution >= 0.6 is 11.8 Å². The summed E-state index contributed by atoms with van der Waals surface area (Å²) in [5.74, 6) is 0.530. The van der Waals surface area contributed by atoms with Crippen LogP contribution < -0.4 is 4.74 Å². The van der Waals surface area contributed by atoms with Gasteiger partial charge in [0.05, 0.1) is 7.11 Å². The first kappa shape index (κ1) is 13.6. The molecule has 0 amide bonds. The first-order valence-electron chi connectivity index (χ1n) is 5.73. The topological polar surface area (TPSA) is 26.3 Å². The van der Waals surface area contributed by atoms with Gasteiger partial charge in [-0.3, -0.25) is 4.79 Å². The fourth-order valence-electron chi connectivity index (χ4n) is 1.64. The minimum absolute atomic E-state index is 0.247. The van der Waals surface area contributed by atoms with Crippen molar-refractivity contribution in [2.45, 2.75) is 10.6 Å². The number of rotatable bonds is 5. The van der Waals surface area contributed by atoms with Crippen molar-refractivity contribution in [2.24, 2.45) is 0 Å². The zero-order chi connectivity index (χ0) is 13.7. The van der Waals surface area contributed by atoms with Gasteiger partial charge in [-0.05, 0) is 29.8 Å². The van der Waals surface area contributed by atoms with Crippen molar-refractivity contribution in [1.29, 1.82) is 0 Å². The van der Waals surface area contributed by atoms with Gasteiger partial charge in [-0.15, -0.1) is 11.8 Å². The number of benzene rings is 2. The molecule has 0 saturated heterocycles. The quantitative estimate of drug-likeness (QED) is 0.611. The van der Waals surface area contributed by atoms with Crippen molar-refractivity contribution in [1.82, 2.24) is 0 Å². The molecule has 0 fully saturated rings. The van der Waals surface area contributed by atoms with E-state index in [9.17, 15) is 9.18 Å². The molecule has 2 rings (SSSR count). The SMILES string of the molecule is COc1ccc(CSc2cccc(C=O)c2)cc1F. The fraction of sp³-hybridized carbons (Fsp3) is 0.133. The highest BCUT2D eigenvalue weighted by atomic mass is 32.2. The van der Waals surface area contributed by atoms with Crippen molar-refractivity contribution in [3.63, 3.8) is 0 Å². The van der Waals surface area contributed by atoms with Gasteiger partial charge in [0, 0.05) is 16.2 Å². The number of carbonyl (C=O) groups is 1. The Hall–Kier alpha value is -1.81. The maximum atomic E-state index is 13.5. The molecule has 2 aromatic rings. The second kappa shape index (κ2) is 6.38. The third-order valence-corrected chi connectivity index (χ3v) is 3.68. The van der Waals surface area contributed by atoms with Crippen LogP contribution in [0.4, 0.5) is 4.39 Å². The standard InChI is InChI=1S/C15H13FO2S/c1-18-15-6-5-12(8-14(15)16)10-19-13-4-2-3-11(7-13)9-17/h2-9H,10H2,1H3. The zero-order valence-electron chi connectivity index (χ0n) is 10.4. The molecule has 19 heavy (non-hydrogen) atoms. The number of carbonyl (C=O) groups excluding carboxylic acids is 1. The van der Waals surface area contributed by atoms with Crippen LogP contribution in [-0.4, -0.2) is 13.4 Å². The Morgan fingerprint density at radius 3 is 2.79 bits per heavy atom. The molecule has 98 valence electrons. The van der Waals surface area contributed by atoms with Crippen LogP contribution in [0.2, 0.25) is 0 Å². The van der Waals surface area contributed by atoms with Gasteiger partial charge in [0.25, 0.3) is 0 Å². The average molecular weight is 276 g/mol. The summed E-state index contributed by atoms with van der Waals surface area (Å²) in [6.07, 6.45) is 0.817. The fourth-order valence-corrected chi connectivity index (χ4v) is 2.55. The molecule has 4 heteroatoms. The summed E-state index contributed by atoms with van der Waals surface area (Å²) >= 11 is 1.56. The van der Waals surface area contributed by atoms with Crippen LogP contribution in [0.25, 0.3) is 0 Å². The van der Waals surface area contributed by atoms with Crippen molar-refractivity contribution < 1.29 is 13.9 Å². The smallest absolute Gasteiger partial charge is 0.165 e. The van der Waals surface area contributed by atoms with Crippen LogP contribution in [0.1, 0.15) is 15.9 Å². The lowest BCUT2D eigenvalue weighted by molar-refractivity contribution is 0.112. The van der Waals surface area contributed by atoms with E-state index in [0.29, 0.717) is 11.3 Å². The zero-order valence-corrected chi connectivity index (χ0v) is 11.2. The lowest BCUT2D eigenvalue weighted by atomic mass is 10.2. The summed E-state index contributed by atoms with van der Waals surface area (Å²) in [6, 6.07) is 12.3. The Kier molecular flexibility index (Phi) is 4.58. The Labute approximate surface area is 115 Å². The lowest BCUT2D eigenvalue weighted by Crippen LogP contribution is -1.90. The van der Waals surface area contributed by atoms with E-state index < -0.39 is 0 Å². The number of halogens is 1. The molecule has 0 N–H and O–H groups in total. The largest absolute Gasteiger partial charge is 0.494 e. The summed E-state index contributed by atoms with van der Waals surface area (Å²) in [5, 5.41) is 0. The monoisotopic (exact) mass is 276 g/mol. The average Bonchev–Trinajstić information content (AvgIpc) is 2.45. The molecular formula is C15H13FO2S. The van der Waals surface area contributed by atoms with Gasteiger partial charge in [-0.1, -0.05) is 18.2 Å². The van der Waals surface area contributed by atoms with Gasteiger partial charge < -0.3 is 4.74 Å². The minimum atomic E-state index is -0.359. The number of hydrogen-bond donors (Lipinski definition) is 0. The van der Waals surface area contributed by atoms with Gasteiger partial charge in [0.2, 0.25) is 0 Å². The van der Waals surface area contributed by atoms with E-state index in [-0.39, 0.29) is 11.6 Å². The Morgan fingerprint density at radius 2 is 2.11 bits per heavy atom. The molecule has 0 bridgehead atoms. The molecule has 0 heterocycles. The number of thioether (sulfide) groups is 1. The molecule has 0 spiro atoms. The van der Waals surface area contributed by atoms with Gasteiger partial charge in [-0.25, -0.2) is 4.39 Å². The molecule has 0 aliphatic carbocycles. The van der Waals surface area contributed by atoms with Gasteiger partial charge in [0.15, 0.2) is 11.6 Å². The van der Waals surface area contributed by atoms with Gasteiger partial charge in [0.1, 0.15) is 6.29 Å². The molecule has 2 nitrogen and oxygen atoms in total.